The summed E-state index contributed by atoms with van der Waals surface area (Å²) in [5.41, 5.74) is -0.0823. The van der Waals surface area contributed by atoms with E-state index in [1.807, 2.05) is 0 Å². The standard InChI is InChI=1S/C16H14N2O6/c1-10(24-16(21)11-6-8-12(19)9-7-11)15(20)17-13-4-2-3-5-14(13)18(22)23/h2-10,19H,1H3,(H,17,20)/t10-/m0/s1. The van der Waals surface area contributed by atoms with Crippen LogP contribution < -0.4 is 5.32 Å². The molecule has 0 fully saturated rings. The van der Waals surface area contributed by atoms with Crippen molar-refractivity contribution in [1.82, 2.24) is 0 Å². The van der Waals surface area contributed by atoms with Gasteiger partial charge in [-0.25, -0.2) is 4.79 Å². The third kappa shape index (κ3) is 4.07. The number of phenolic OH excluding ortho intramolecular Hbond substituents is 1. The zero-order valence-electron chi connectivity index (χ0n) is 12.6. The number of phenols is 1. The number of hydrogen-bond donors (Lipinski definition) is 2. The van der Waals surface area contributed by atoms with Gasteiger partial charge < -0.3 is 15.2 Å². The number of nitro groups is 1. The quantitative estimate of drug-likeness (QED) is 0.494. The van der Waals surface area contributed by atoms with Crippen LogP contribution in [0.1, 0.15) is 17.3 Å². The maximum Gasteiger partial charge on any atom is 0.338 e. The summed E-state index contributed by atoms with van der Waals surface area (Å²) in [5.74, 6) is -1.45. The fraction of sp³-hybridized carbons (Fsp3) is 0.125. The summed E-state index contributed by atoms with van der Waals surface area (Å²) in [6.07, 6.45) is -1.16. The van der Waals surface area contributed by atoms with Gasteiger partial charge in [-0.05, 0) is 37.3 Å². The molecule has 0 spiro atoms. The van der Waals surface area contributed by atoms with E-state index in [2.05, 4.69) is 5.32 Å². The van der Waals surface area contributed by atoms with E-state index in [9.17, 15) is 24.8 Å². The summed E-state index contributed by atoms with van der Waals surface area (Å²) >= 11 is 0. The minimum atomic E-state index is -1.16. The van der Waals surface area contributed by atoms with E-state index in [1.165, 1.54) is 55.5 Å². The molecule has 0 radical (unpaired) electrons. The lowest BCUT2D eigenvalue weighted by Crippen LogP contribution is -2.30. The number of para-hydroxylation sites is 2. The highest BCUT2D eigenvalue weighted by atomic mass is 16.6. The Morgan fingerprint density at radius 3 is 2.42 bits per heavy atom. The minimum Gasteiger partial charge on any atom is -0.508 e. The zero-order valence-corrected chi connectivity index (χ0v) is 12.6. The molecule has 0 aliphatic carbocycles. The molecule has 2 N–H and O–H groups in total. The molecule has 8 heteroatoms. The summed E-state index contributed by atoms with van der Waals surface area (Å²) < 4.78 is 5.01. The number of hydrogen-bond acceptors (Lipinski definition) is 6. The molecule has 124 valence electrons. The molecule has 2 aromatic rings. The van der Waals surface area contributed by atoms with E-state index in [0.717, 1.165) is 0 Å². The van der Waals surface area contributed by atoms with Gasteiger partial charge in [0.25, 0.3) is 11.6 Å². The second-order valence-corrected chi connectivity index (χ2v) is 4.86. The van der Waals surface area contributed by atoms with Crippen LogP contribution in [0.15, 0.2) is 48.5 Å². The van der Waals surface area contributed by atoms with Gasteiger partial charge in [0.15, 0.2) is 6.10 Å². The lowest BCUT2D eigenvalue weighted by atomic mass is 10.2. The molecule has 1 atom stereocenters. The highest BCUT2D eigenvalue weighted by Crippen LogP contribution is 2.23. The Labute approximate surface area is 136 Å². The normalized spacial score (nSPS) is 11.4. The number of nitrogens with zero attached hydrogens (tertiary/aromatic N) is 1. The van der Waals surface area contributed by atoms with E-state index in [1.54, 1.807) is 0 Å². The number of nitro benzene ring substituents is 1. The topological polar surface area (TPSA) is 119 Å². The number of amides is 1. The lowest BCUT2D eigenvalue weighted by molar-refractivity contribution is -0.383. The zero-order chi connectivity index (χ0) is 17.7. The fourth-order valence-electron chi connectivity index (χ4n) is 1.85. The number of carbonyl (C=O) groups excluding carboxylic acids is 2. The van der Waals surface area contributed by atoms with E-state index in [0.29, 0.717) is 0 Å². The second-order valence-electron chi connectivity index (χ2n) is 4.86. The van der Waals surface area contributed by atoms with Crippen LogP contribution in [-0.4, -0.2) is 28.0 Å². The molecule has 2 rings (SSSR count). The number of esters is 1. The van der Waals surface area contributed by atoms with Crippen LogP contribution in [0.4, 0.5) is 11.4 Å². The summed E-state index contributed by atoms with van der Waals surface area (Å²) in [7, 11) is 0. The van der Waals surface area contributed by atoms with Gasteiger partial charge in [-0.1, -0.05) is 12.1 Å². The van der Waals surface area contributed by atoms with Crippen molar-refractivity contribution in [3.63, 3.8) is 0 Å². The molecular formula is C16H14N2O6. The molecule has 0 bridgehead atoms. The van der Waals surface area contributed by atoms with Crippen molar-refractivity contribution in [2.75, 3.05) is 5.32 Å². The predicted molar refractivity (Wildman–Crippen MR) is 84.7 cm³/mol. The van der Waals surface area contributed by atoms with Gasteiger partial charge in [0.2, 0.25) is 0 Å². The number of carbonyl (C=O) groups is 2. The van der Waals surface area contributed by atoms with Crippen molar-refractivity contribution in [1.29, 1.82) is 0 Å². The van der Waals surface area contributed by atoms with Gasteiger partial charge in [0.05, 0.1) is 10.5 Å². The molecule has 0 unspecified atom stereocenters. The molecule has 2 aromatic carbocycles. The molecule has 0 aliphatic heterocycles. The highest BCUT2D eigenvalue weighted by molar-refractivity contribution is 5.98. The van der Waals surface area contributed by atoms with Crippen LogP contribution in [0.25, 0.3) is 0 Å². The Hall–Kier alpha value is -3.42. The molecule has 0 saturated carbocycles. The van der Waals surface area contributed by atoms with E-state index < -0.39 is 22.9 Å². The number of aromatic hydroxyl groups is 1. The van der Waals surface area contributed by atoms with Crippen molar-refractivity contribution in [3.05, 3.63) is 64.2 Å². The maximum absolute atomic E-state index is 12.1. The Kier molecular flexibility index (Phi) is 5.10. The van der Waals surface area contributed by atoms with Crippen molar-refractivity contribution >= 4 is 23.3 Å². The first kappa shape index (κ1) is 16.9. The lowest BCUT2D eigenvalue weighted by Gasteiger charge is -2.13. The molecular weight excluding hydrogens is 316 g/mol. The van der Waals surface area contributed by atoms with Crippen molar-refractivity contribution in [2.45, 2.75) is 13.0 Å². The number of benzene rings is 2. The third-order valence-corrected chi connectivity index (χ3v) is 3.11. The Bertz CT molecular complexity index is 772. The Balaban J connectivity index is 2.04. The average Bonchev–Trinajstić information content (AvgIpc) is 2.55. The third-order valence-electron chi connectivity index (χ3n) is 3.11. The Morgan fingerprint density at radius 1 is 1.17 bits per heavy atom. The molecule has 24 heavy (non-hydrogen) atoms. The SMILES string of the molecule is C[C@H](OC(=O)c1ccc(O)cc1)C(=O)Nc1ccccc1[N+](=O)[O-]. The molecule has 0 heterocycles. The van der Waals surface area contributed by atoms with Crippen molar-refractivity contribution in [3.8, 4) is 5.75 Å². The number of ether oxygens (including phenoxy) is 1. The largest absolute Gasteiger partial charge is 0.508 e. The molecule has 1 amide bonds. The summed E-state index contributed by atoms with van der Waals surface area (Å²) in [4.78, 5) is 34.3. The molecule has 0 saturated heterocycles. The van der Waals surface area contributed by atoms with Crippen LogP contribution in [0.5, 0.6) is 5.75 Å². The van der Waals surface area contributed by atoms with E-state index >= 15 is 0 Å². The first-order chi connectivity index (χ1) is 11.4. The van der Waals surface area contributed by atoms with E-state index in [4.69, 9.17) is 4.74 Å². The first-order valence-electron chi connectivity index (χ1n) is 6.93. The second kappa shape index (κ2) is 7.23. The van der Waals surface area contributed by atoms with Gasteiger partial charge in [-0.15, -0.1) is 0 Å². The first-order valence-corrected chi connectivity index (χ1v) is 6.93. The van der Waals surface area contributed by atoms with Crippen LogP contribution >= 0.6 is 0 Å². The predicted octanol–water partition coefficient (Wildman–Crippen LogP) is 2.48. The highest BCUT2D eigenvalue weighted by Gasteiger charge is 2.22. The molecule has 0 aliphatic rings. The monoisotopic (exact) mass is 330 g/mol. The number of anilines is 1. The molecule has 8 nitrogen and oxygen atoms in total. The van der Waals surface area contributed by atoms with Gasteiger partial charge in [-0.3, -0.25) is 14.9 Å². The van der Waals surface area contributed by atoms with Crippen LogP contribution in [-0.2, 0) is 9.53 Å². The molecule has 0 aromatic heterocycles. The summed E-state index contributed by atoms with van der Waals surface area (Å²) in [6.45, 7) is 1.35. The van der Waals surface area contributed by atoms with Gasteiger partial charge in [0.1, 0.15) is 11.4 Å². The maximum atomic E-state index is 12.1. The van der Waals surface area contributed by atoms with Gasteiger partial charge >= 0.3 is 5.97 Å². The van der Waals surface area contributed by atoms with Crippen molar-refractivity contribution < 1.29 is 24.4 Å². The van der Waals surface area contributed by atoms with Gasteiger partial charge in [-0.2, -0.15) is 0 Å². The smallest absolute Gasteiger partial charge is 0.338 e. The van der Waals surface area contributed by atoms with Crippen LogP contribution in [0, 0.1) is 10.1 Å². The van der Waals surface area contributed by atoms with Crippen LogP contribution in [0.3, 0.4) is 0 Å². The summed E-state index contributed by atoms with van der Waals surface area (Å²) in [6, 6.07) is 11.0. The Morgan fingerprint density at radius 2 is 1.79 bits per heavy atom. The van der Waals surface area contributed by atoms with E-state index in [-0.39, 0.29) is 22.7 Å². The minimum absolute atomic E-state index is 0.00581. The van der Waals surface area contributed by atoms with Crippen molar-refractivity contribution in [2.24, 2.45) is 0 Å². The van der Waals surface area contributed by atoms with Gasteiger partial charge in [0, 0.05) is 6.07 Å². The summed E-state index contributed by atoms with van der Waals surface area (Å²) in [5, 5.41) is 22.4. The van der Waals surface area contributed by atoms with Crippen LogP contribution in [0.2, 0.25) is 0 Å². The number of rotatable bonds is 5. The average molecular weight is 330 g/mol. The number of nitrogens with one attached hydrogen (secondary N) is 1. The fourth-order valence-corrected chi connectivity index (χ4v) is 1.85.